The smallest absolute Gasteiger partial charge is 0.227 e. The highest BCUT2D eigenvalue weighted by Gasteiger charge is 2.29. The van der Waals surface area contributed by atoms with E-state index >= 15 is 0 Å². The van der Waals surface area contributed by atoms with Crippen molar-refractivity contribution in [1.82, 2.24) is 10.2 Å². The molecule has 1 aromatic carbocycles. The molecule has 2 saturated heterocycles. The fraction of sp³-hybridized carbons (Fsp3) is 0.588. The molecule has 2 aliphatic rings. The molecule has 3 rings (SSSR count). The molecule has 1 atom stereocenters. The van der Waals surface area contributed by atoms with E-state index in [9.17, 15) is 4.79 Å². The number of carbonyl (C=O) groups is 1. The molecule has 114 valence electrons. The number of hydrogen-bond acceptors (Lipinski definition) is 3. The monoisotopic (exact) mass is 287 g/mol. The maximum Gasteiger partial charge on any atom is 0.227 e. The first-order valence-corrected chi connectivity index (χ1v) is 7.97. The SMILES string of the molecule is Cc1cccc(N2CCN(C(=O)C3CCNC3)CC2)c1C. The van der Waals surface area contributed by atoms with Gasteiger partial charge < -0.3 is 15.1 Å². The van der Waals surface area contributed by atoms with E-state index < -0.39 is 0 Å². The Kier molecular flexibility index (Phi) is 4.15. The van der Waals surface area contributed by atoms with Gasteiger partial charge in [0.05, 0.1) is 5.92 Å². The Labute approximate surface area is 127 Å². The van der Waals surface area contributed by atoms with Crippen LogP contribution >= 0.6 is 0 Å². The number of aryl methyl sites for hydroxylation is 1. The van der Waals surface area contributed by atoms with Crippen LogP contribution in [0.2, 0.25) is 0 Å². The molecule has 0 aromatic heterocycles. The Morgan fingerprint density at radius 3 is 2.62 bits per heavy atom. The van der Waals surface area contributed by atoms with E-state index in [1.54, 1.807) is 0 Å². The third kappa shape index (κ3) is 2.91. The van der Waals surface area contributed by atoms with Crippen molar-refractivity contribution in [3.63, 3.8) is 0 Å². The number of piperazine rings is 1. The lowest BCUT2D eigenvalue weighted by molar-refractivity contribution is -0.135. The lowest BCUT2D eigenvalue weighted by Gasteiger charge is -2.38. The zero-order valence-corrected chi connectivity index (χ0v) is 13.1. The van der Waals surface area contributed by atoms with Crippen LogP contribution < -0.4 is 10.2 Å². The Morgan fingerprint density at radius 1 is 1.19 bits per heavy atom. The average Bonchev–Trinajstić information content (AvgIpc) is 3.04. The second-order valence-corrected chi connectivity index (χ2v) is 6.22. The number of nitrogens with one attached hydrogen (secondary N) is 1. The molecule has 0 saturated carbocycles. The Balaban J connectivity index is 1.62. The van der Waals surface area contributed by atoms with Crippen molar-refractivity contribution < 1.29 is 4.79 Å². The van der Waals surface area contributed by atoms with E-state index in [1.807, 2.05) is 0 Å². The Hall–Kier alpha value is -1.55. The number of nitrogens with zero attached hydrogens (tertiary/aromatic N) is 2. The van der Waals surface area contributed by atoms with Crippen LogP contribution in [0, 0.1) is 19.8 Å². The van der Waals surface area contributed by atoms with Crippen molar-refractivity contribution in [2.24, 2.45) is 5.92 Å². The summed E-state index contributed by atoms with van der Waals surface area (Å²) in [5.41, 5.74) is 4.02. The van der Waals surface area contributed by atoms with Gasteiger partial charge in [-0.25, -0.2) is 0 Å². The summed E-state index contributed by atoms with van der Waals surface area (Å²) in [4.78, 5) is 16.9. The van der Waals surface area contributed by atoms with Gasteiger partial charge in [-0.2, -0.15) is 0 Å². The van der Waals surface area contributed by atoms with Gasteiger partial charge in [0, 0.05) is 38.4 Å². The molecule has 2 heterocycles. The molecule has 1 N–H and O–H groups in total. The van der Waals surface area contributed by atoms with Gasteiger partial charge in [-0.15, -0.1) is 0 Å². The molecule has 4 nitrogen and oxygen atoms in total. The molecule has 2 aliphatic heterocycles. The number of hydrogen-bond donors (Lipinski definition) is 1. The van der Waals surface area contributed by atoms with Crippen molar-refractivity contribution in [2.45, 2.75) is 20.3 Å². The maximum atomic E-state index is 12.4. The van der Waals surface area contributed by atoms with E-state index in [2.05, 4.69) is 47.2 Å². The van der Waals surface area contributed by atoms with Crippen LogP contribution in [-0.4, -0.2) is 50.1 Å². The number of benzene rings is 1. The minimum absolute atomic E-state index is 0.206. The van der Waals surface area contributed by atoms with Gasteiger partial charge in [0.15, 0.2) is 0 Å². The second-order valence-electron chi connectivity index (χ2n) is 6.22. The normalized spacial score (nSPS) is 22.7. The molecule has 2 fully saturated rings. The van der Waals surface area contributed by atoms with Crippen molar-refractivity contribution in [1.29, 1.82) is 0 Å². The first kappa shape index (κ1) is 14.4. The number of anilines is 1. The molecule has 1 aromatic rings. The highest BCUT2D eigenvalue weighted by atomic mass is 16.2. The number of rotatable bonds is 2. The predicted octanol–water partition coefficient (Wildman–Crippen LogP) is 1.56. The summed E-state index contributed by atoms with van der Waals surface area (Å²) in [6.07, 6.45) is 0.996. The van der Waals surface area contributed by atoms with E-state index in [0.717, 1.165) is 45.7 Å². The zero-order valence-electron chi connectivity index (χ0n) is 13.1. The van der Waals surface area contributed by atoms with Crippen LogP contribution in [0.25, 0.3) is 0 Å². The van der Waals surface area contributed by atoms with Gasteiger partial charge in [0.2, 0.25) is 5.91 Å². The molecule has 0 aliphatic carbocycles. The van der Waals surface area contributed by atoms with E-state index in [1.165, 1.54) is 16.8 Å². The first-order valence-electron chi connectivity index (χ1n) is 7.97. The summed E-state index contributed by atoms with van der Waals surface area (Å²) in [5, 5.41) is 3.28. The topological polar surface area (TPSA) is 35.6 Å². The Bertz CT molecular complexity index is 515. The number of carbonyl (C=O) groups excluding carboxylic acids is 1. The highest BCUT2D eigenvalue weighted by Crippen LogP contribution is 2.24. The molecular formula is C17H25N3O. The average molecular weight is 287 g/mol. The highest BCUT2D eigenvalue weighted by molar-refractivity contribution is 5.79. The molecule has 1 unspecified atom stereocenters. The first-order chi connectivity index (χ1) is 10.2. The fourth-order valence-corrected chi connectivity index (χ4v) is 3.37. The second kappa shape index (κ2) is 6.06. The third-order valence-electron chi connectivity index (χ3n) is 4.92. The standard InChI is InChI=1S/C17H25N3O/c1-13-4-3-5-16(14(13)2)19-8-10-20(11-9-19)17(21)15-6-7-18-12-15/h3-5,15,18H,6-12H2,1-2H3. The van der Waals surface area contributed by atoms with E-state index in [0.29, 0.717) is 5.91 Å². The predicted molar refractivity (Wildman–Crippen MR) is 85.7 cm³/mol. The van der Waals surface area contributed by atoms with Gasteiger partial charge in [0.25, 0.3) is 0 Å². The summed E-state index contributed by atoms with van der Waals surface area (Å²) in [5.74, 6) is 0.554. The van der Waals surface area contributed by atoms with Crippen molar-refractivity contribution in [3.05, 3.63) is 29.3 Å². The summed E-state index contributed by atoms with van der Waals surface area (Å²) in [6, 6.07) is 6.48. The minimum Gasteiger partial charge on any atom is -0.368 e. The van der Waals surface area contributed by atoms with Crippen LogP contribution in [-0.2, 0) is 4.79 Å². The van der Waals surface area contributed by atoms with Gasteiger partial charge in [0.1, 0.15) is 0 Å². The molecule has 0 spiro atoms. The van der Waals surface area contributed by atoms with Gasteiger partial charge in [-0.3, -0.25) is 4.79 Å². The molecule has 0 bridgehead atoms. The van der Waals surface area contributed by atoms with Crippen LogP contribution in [0.4, 0.5) is 5.69 Å². The molecule has 4 heteroatoms. The van der Waals surface area contributed by atoms with Crippen molar-refractivity contribution in [2.75, 3.05) is 44.2 Å². The summed E-state index contributed by atoms with van der Waals surface area (Å²) >= 11 is 0. The largest absolute Gasteiger partial charge is 0.368 e. The molecular weight excluding hydrogens is 262 g/mol. The van der Waals surface area contributed by atoms with Crippen molar-refractivity contribution in [3.8, 4) is 0 Å². The summed E-state index contributed by atoms with van der Waals surface area (Å²) < 4.78 is 0. The van der Waals surface area contributed by atoms with Crippen LogP contribution in [0.15, 0.2) is 18.2 Å². The van der Waals surface area contributed by atoms with Crippen molar-refractivity contribution >= 4 is 11.6 Å². The van der Waals surface area contributed by atoms with E-state index in [-0.39, 0.29) is 5.92 Å². The lowest BCUT2D eigenvalue weighted by Crippen LogP contribution is -2.50. The molecule has 21 heavy (non-hydrogen) atoms. The quantitative estimate of drug-likeness (QED) is 0.897. The lowest BCUT2D eigenvalue weighted by atomic mass is 10.1. The maximum absolute atomic E-state index is 12.4. The third-order valence-corrected chi connectivity index (χ3v) is 4.92. The fourth-order valence-electron chi connectivity index (χ4n) is 3.37. The van der Waals surface area contributed by atoms with Crippen LogP contribution in [0.5, 0.6) is 0 Å². The minimum atomic E-state index is 0.206. The van der Waals surface area contributed by atoms with Gasteiger partial charge in [-0.05, 0) is 44.0 Å². The van der Waals surface area contributed by atoms with Crippen LogP contribution in [0.1, 0.15) is 17.5 Å². The molecule has 1 amide bonds. The summed E-state index contributed by atoms with van der Waals surface area (Å²) in [6.45, 7) is 9.77. The van der Waals surface area contributed by atoms with Gasteiger partial charge >= 0.3 is 0 Å². The Morgan fingerprint density at radius 2 is 1.95 bits per heavy atom. The molecule has 0 radical (unpaired) electrons. The van der Waals surface area contributed by atoms with Crippen LogP contribution in [0.3, 0.4) is 0 Å². The summed E-state index contributed by atoms with van der Waals surface area (Å²) in [7, 11) is 0. The van der Waals surface area contributed by atoms with Gasteiger partial charge in [-0.1, -0.05) is 12.1 Å². The zero-order chi connectivity index (χ0) is 14.8. The number of amides is 1. The van der Waals surface area contributed by atoms with E-state index in [4.69, 9.17) is 0 Å².